The van der Waals surface area contributed by atoms with E-state index in [1.807, 2.05) is 0 Å². The van der Waals surface area contributed by atoms with E-state index < -0.39 is 0 Å². The number of hydrogen-bond acceptors (Lipinski definition) is 0. The van der Waals surface area contributed by atoms with Gasteiger partial charge in [-0.15, -0.1) is 0 Å². The standard InChI is InChI=1S/C15H20/c1-9(2)7-14-13-8-12(13)11-6-4-5-10(3)15(11)14/h4-6,9,12-14H,7-8H2,1-3H3. The van der Waals surface area contributed by atoms with Crippen LogP contribution in [0.25, 0.3) is 0 Å². The zero-order chi connectivity index (χ0) is 10.6. The van der Waals surface area contributed by atoms with Crippen LogP contribution < -0.4 is 0 Å². The molecule has 3 unspecified atom stereocenters. The first-order chi connectivity index (χ1) is 7.18. The topological polar surface area (TPSA) is 0 Å². The summed E-state index contributed by atoms with van der Waals surface area (Å²) in [5.74, 6) is 3.65. The number of rotatable bonds is 2. The van der Waals surface area contributed by atoms with Gasteiger partial charge in [-0.25, -0.2) is 0 Å². The van der Waals surface area contributed by atoms with Crippen LogP contribution in [0, 0.1) is 18.8 Å². The molecule has 15 heavy (non-hydrogen) atoms. The van der Waals surface area contributed by atoms with Gasteiger partial charge >= 0.3 is 0 Å². The van der Waals surface area contributed by atoms with Gasteiger partial charge in [0.2, 0.25) is 0 Å². The fourth-order valence-corrected chi connectivity index (χ4v) is 3.56. The average molecular weight is 200 g/mol. The molecular weight excluding hydrogens is 180 g/mol. The molecule has 0 heterocycles. The predicted molar refractivity (Wildman–Crippen MR) is 64.2 cm³/mol. The van der Waals surface area contributed by atoms with Crippen LogP contribution in [0.15, 0.2) is 18.2 Å². The molecule has 0 aromatic heterocycles. The summed E-state index contributed by atoms with van der Waals surface area (Å²) in [6.07, 6.45) is 2.85. The minimum Gasteiger partial charge on any atom is -0.0628 e. The lowest BCUT2D eigenvalue weighted by atomic mass is 9.86. The Morgan fingerprint density at radius 2 is 2.13 bits per heavy atom. The van der Waals surface area contributed by atoms with E-state index >= 15 is 0 Å². The summed E-state index contributed by atoms with van der Waals surface area (Å²) in [5.41, 5.74) is 4.93. The molecule has 0 saturated heterocycles. The Hall–Kier alpha value is -0.780. The lowest BCUT2D eigenvalue weighted by Crippen LogP contribution is -2.05. The molecule has 1 saturated carbocycles. The molecule has 3 rings (SSSR count). The summed E-state index contributed by atoms with van der Waals surface area (Å²) in [6.45, 7) is 7.00. The van der Waals surface area contributed by atoms with Crippen molar-refractivity contribution in [1.29, 1.82) is 0 Å². The van der Waals surface area contributed by atoms with Crippen LogP contribution >= 0.6 is 0 Å². The molecule has 0 radical (unpaired) electrons. The van der Waals surface area contributed by atoms with Gasteiger partial charge in [-0.05, 0) is 60.1 Å². The van der Waals surface area contributed by atoms with Gasteiger partial charge in [0.15, 0.2) is 0 Å². The van der Waals surface area contributed by atoms with E-state index in [2.05, 4.69) is 39.0 Å². The van der Waals surface area contributed by atoms with Crippen molar-refractivity contribution < 1.29 is 0 Å². The molecule has 0 N–H and O–H groups in total. The van der Waals surface area contributed by atoms with E-state index in [1.54, 1.807) is 11.1 Å². The Bertz CT molecular complexity index is 389. The van der Waals surface area contributed by atoms with Crippen LogP contribution in [0.2, 0.25) is 0 Å². The molecule has 0 amide bonds. The quantitative estimate of drug-likeness (QED) is 0.669. The van der Waals surface area contributed by atoms with Gasteiger partial charge in [0.1, 0.15) is 0 Å². The third kappa shape index (κ3) is 1.34. The Morgan fingerprint density at radius 1 is 1.33 bits per heavy atom. The van der Waals surface area contributed by atoms with E-state index in [-0.39, 0.29) is 0 Å². The van der Waals surface area contributed by atoms with Crippen molar-refractivity contribution in [3.05, 3.63) is 34.9 Å². The van der Waals surface area contributed by atoms with Gasteiger partial charge in [-0.2, -0.15) is 0 Å². The molecule has 0 aliphatic heterocycles. The Morgan fingerprint density at radius 3 is 2.87 bits per heavy atom. The Labute approximate surface area is 92.7 Å². The maximum atomic E-state index is 2.37. The highest BCUT2D eigenvalue weighted by molar-refractivity contribution is 5.49. The summed E-state index contributed by atoms with van der Waals surface area (Å²) in [7, 11) is 0. The highest BCUT2D eigenvalue weighted by atomic mass is 14.6. The van der Waals surface area contributed by atoms with Crippen molar-refractivity contribution in [3.63, 3.8) is 0 Å². The first-order valence-corrected chi connectivity index (χ1v) is 6.28. The van der Waals surface area contributed by atoms with Gasteiger partial charge in [0.25, 0.3) is 0 Å². The summed E-state index contributed by atoms with van der Waals surface area (Å²) >= 11 is 0. The van der Waals surface area contributed by atoms with Gasteiger partial charge in [-0.3, -0.25) is 0 Å². The third-order valence-corrected chi connectivity index (χ3v) is 4.21. The Balaban J connectivity index is 2.01. The van der Waals surface area contributed by atoms with E-state index in [0.29, 0.717) is 0 Å². The second-order valence-electron chi connectivity index (χ2n) is 5.82. The molecule has 1 aromatic rings. The number of hydrogen-bond donors (Lipinski definition) is 0. The van der Waals surface area contributed by atoms with Crippen molar-refractivity contribution in [3.8, 4) is 0 Å². The normalized spacial score (nSPS) is 31.6. The first kappa shape index (κ1) is 9.45. The third-order valence-electron chi connectivity index (χ3n) is 4.21. The van der Waals surface area contributed by atoms with E-state index in [0.717, 1.165) is 23.7 Å². The van der Waals surface area contributed by atoms with Crippen LogP contribution in [-0.2, 0) is 0 Å². The second-order valence-corrected chi connectivity index (χ2v) is 5.82. The molecule has 0 heteroatoms. The largest absolute Gasteiger partial charge is 0.0628 e. The van der Waals surface area contributed by atoms with Gasteiger partial charge in [-0.1, -0.05) is 32.0 Å². The van der Waals surface area contributed by atoms with Crippen molar-refractivity contribution in [1.82, 2.24) is 0 Å². The van der Waals surface area contributed by atoms with E-state index in [9.17, 15) is 0 Å². The fourth-order valence-electron chi connectivity index (χ4n) is 3.56. The lowest BCUT2D eigenvalue weighted by molar-refractivity contribution is 0.470. The molecule has 80 valence electrons. The Kier molecular flexibility index (Phi) is 1.95. The van der Waals surface area contributed by atoms with Gasteiger partial charge in [0, 0.05) is 0 Å². The molecular formula is C15H20. The van der Waals surface area contributed by atoms with Crippen molar-refractivity contribution >= 4 is 0 Å². The zero-order valence-electron chi connectivity index (χ0n) is 9.96. The van der Waals surface area contributed by atoms with Crippen LogP contribution in [0.1, 0.15) is 55.2 Å². The SMILES string of the molecule is Cc1cccc2c1C(CC(C)C)C1CC21. The molecule has 0 nitrogen and oxygen atoms in total. The van der Waals surface area contributed by atoms with Crippen LogP contribution in [-0.4, -0.2) is 0 Å². The number of benzene rings is 1. The van der Waals surface area contributed by atoms with Gasteiger partial charge in [0.05, 0.1) is 0 Å². The monoisotopic (exact) mass is 200 g/mol. The molecule has 1 aromatic carbocycles. The molecule has 0 bridgehead atoms. The highest BCUT2D eigenvalue weighted by Crippen LogP contribution is 2.64. The maximum Gasteiger partial charge on any atom is -0.0120 e. The predicted octanol–water partition coefficient (Wildman–Crippen LogP) is 4.24. The fraction of sp³-hybridized carbons (Fsp3) is 0.600. The summed E-state index contributed by atoms with van der Waals surface area (Å²) in [5, 5.41) is 0. The van der Waals surface area contributed by atoms with Crippen LogP contribution in [0.5, 0.6) is 0 Å². The maximum absolute atomic E-state index is 2.37. The second kappa shape index (κ2) is 3.10. The first-order valence-electron chi connectivity index (χ1n) is 6.28. The summed E-state index contributed by atoms with van der Waals surface area (Å²) in [4.78, 5) is 0. The van der Waals surface area contributed by atoms with Crippen molar-refractivity contribution in [2.24, 2.45) is 11.8 Å². The molecule has 3 atom stereocenters. The number of aryl methyl sites for hydroxylation is 1. The molecule has 2 aliphatic rings. The van der Waals surface area contributed by atoms with Crippen LogP contribution in [0.4, 0.5) is 0 Å². The summed E-state index contributed by atoms with van der Waals surface area (Å²) in [6, 6.07) is 6.89. The smallest absolute Gasteiger partial charge is 0.0120 e. The highest BCUT2D eigenvalue weighted by Gasteiger charge is 2.51. The van der Waals surface area contributed by atoms with Gasteiger partial charge < -0.3 is 0 Å². The molecule has 2 aliphatic carbocycles. The minimum absolute atomic E-state index is 0.835. The van der Waals surface area contributed by atoms with Crippen LogP contribution in [0.3, 0.4) is 0 Å². The average Bonchev–Trinajstić information content (AvgIpc) is 2.88. The molecule has 1 fully saturated rings. The minimum atomic E-state index is 0.835. The molecule has 0 spiro atoms. The summed E-state index contributed by atoms with van der Waals surface area (Å²) < 4.78 is 0. The lowest BCUT2D eigenvalue weighted by Gasteiger charge is -2.19. The van der Waals surface area contributed by atoms with E-state index in [1.165, 1.54) is 18.4 Å². The van der Waals surface area contributed by atoms with Crippen molar-refractivity contribution in [2.45, 2.75) is 45.4 Å². The zero-order valence-corrected chi connectivity index (χ0v) is 9.96. The van der Waals surface area contributed by atoms with Crippen molar-refractivity contribution in [2.75, 3.05) is 0 Å². The number of fused-ring (bicyclic) bond motifs is 3. The van der Waals surface area contributed by atoms with E-state index in [4.69, 9.17) is 0 Å².